The van der Waals surface area contributed by atoms with E-state index in [-0.39, 0.29) is 13.0 Å². The maximum atomic E-state index is 12.9. The smallest absolute Gasteiger partial charge is 0.457 e. The predicted octanol–water partition coefficient (Wildman–Crippen LogP) is 11.5. The first-order chi connectivity index (χ1) is 32.0. The van der Waals surface area contributed by atoms with Gasteiger partial charge in [0.1, 0.15) is 42.7 Å². The summed E-state index contributed by atoms with van der Waals surface area (Å²) in [6.45, 7) is 4.10. The summed E-state index contributed by atoms with van der Waals surface area (Å²) in [5, 5.41) is 50.3. The van der Waals surface area contributed by atoms with E-state index in [0.717, 1.165) is 96.3 Å². The first kappa shape index (κ1) is 61.8. The van der Waals surface area contributed by atoms with Gasteiger partial charge in [0.05, 0.1) is 13.2 Å². The topological polar surface area (TPSA) is 192 Å². The molecule has 0 aromatic rings. The van der Waals surface area contributed by atoms with E-state index in [1.54, 1.807) is 0 Å². The van der Waals surface area contributed by atoms with Crippen LogP contribution in [-0.4, -0.2) is 98.9 Å². The fourth-order valence-corrected chi connectivity index (χ4v) is 8.47. The average molecular weight is 953 g/mol. The second kappa shape index (κ2) is 42.8. The Bertz CT molecular complexity index is 1360. The molecule has 382 valence electrons. The third-order valence-electron chi connectivity index (χ3n) is 11.6. The van der Waals surface area contributed by atoms with Crippen molar-refractivity contribution in [3.63, 3.8) is 0 Å². The van der Waals surface area contributed by atoms with E-state index in [0.29, 0.717) is 13.0 Å². The molecule has 0 saturated heterocycles. The summed E-state index contributed by atoms with van der Waals surface area (Å²) < 4.78 is 34.3. The van der Waals surface area contributed by atoms with Crippen LogP contribution in [0.3, 0.4) is 0 Å². The van der Waals surface area contributed by atoms with Crippen molar-refractivity contribution in [2.24, 2.45) is 0 Å². The molecule has 1 aliphatic carbocycles. The van der Waals surface area contributed by atoms with Crippen LogP contribution in [0, 0.1) is 0 Å². The molecule has 13 heteroatoms. The van der Waals surface area contributed by atoms with Crippen molar-refractivity contribution < 1.29 is 58.3 Å². The molecule has 12 nitrogen and oxygen atoms in total. The molecule has 0 spiro atoms. The van der Waals surface area contributed by atoms with Crippen molar-refractivity contribution in [1.29, 1.82) is 0 Å². The van der Waals surface area contributed by atoms with E-state index in [9.17, 15) is 39.8 Å². The molecule has 0 amide bonds. The highest BCUT2D eigenvalue weighted by Crippen LogP contribution is 2.47. The summed E-state index contributed by atoms with van der Waals surface area (Å²) in [6, 6.07) is 0. The summed E-state index contributed by atoms with van der Waals surface area (Å²) in [7, 11) is -5.03. The number of esters is 1. The average Bonchev–Trinajstić information content (AvgIpc) is 3.30. The molecule has 1 fully saturated rings. The van der Waals surface area contributed by atoms with E-state index in [2.05, 4.69) is 86.8 Å². The minimum Gasteiger partial charge on any atom is -0.457 e. The van der Waals surface area contributed by atoms with E-state index >= 15 is 0 Å². The van der Waals surface area contributed by atoms with Gasteiger partial charge in [-0.25, -0.2) is 4.57 Å². The van der Waals surface area contributed by atoms with Gasteiger partial charge in [-0.2, -0.15) is 0 Å². The predicted molar refractivity (Wildman–Crippen MR) is 267 cm³/mol. The number of hydrogen-bond donors (Lipinski definition) is 6. The number of hydrogen-bond acceptors (Lipinski definition) is 11. The van der Waals surface area contributed by atoms with Gasteiger partial charge in [0, 0.05) is 13.0 Å². The Hall–Kier alpha value is -2.22. The molecule has 0 aromatic heterocycles. The van der Waals surface area contributed by atoms with Gasteiger partial charge in [-0.1, -0.05) is 177 Å². The molecule has 0 aliphatic heterocycles. The highest BCUT2D eigenvalue weighted by molar-refractivity contribution is 7.47. The molecule has 1 saturated carbocycles. The summed E-state index contributed by atoms with van der Waals surface area (Å²) in [5.41, 5.74) is 0. The van der Waals surface area contributed by atoms with Gasteiger partial charge in [-0.3, -0.25) is 13.8 Å². The number of phosphoric acid groups is 1. The van der Waals surface area contributed by atoms with E-state index in [4.69, 9.17) is 18.5 Å². The first-order valence-corrected chi connectivity index (χ1v) is 27.3. The van der Waals surface area contributed by atoms with Crippen LogP contribution in [-0.2, 0) is 27.9 Å². The maximum absolute atomic E-state index is 12.9. The Labute approximate surface area is 400 Å². The number of carbonyl (C=O) groups excluding carboxylic acids is 1. The lowest BCUT2D eigenvalue weighted by Crippen LogP contribution is -2.64. The Kier molecular flexibility index (Phi) is 40.1. The first-order valence-electron chi connectivity index (χ1n) is 25.8. The van der Waals surface area contributed by atoms with E-state index in [1.165, 1.54) is 70.6 Å². The second-order valence-corrected chi connectivity index (χ2v) is 19.0. The summed E-state index contributed by atoms with van der Waals surface area (Å²) in [4.78, 5) is 23.3. The number of ether oxygens (including phenoxy) is 2. The zero-order valence-corrected chi connectivity index (χ0v) is 41.9. The highest BCUT2D eigenvalue weighted by atomic mass is 31.2. The highest BCUT2D eigenvalue weighted by Gasteiger charge is 2.51. The lowest BCUT2D eigenvalue weighted by atomic mass is 9.85. The fourth-order valence-electron chi connectivity index (χ4n) is 7.49. The Morgan fingerprint density at radius 1 is 0.500 bits per heavy atom. The SMILES string of the molecule is CC/C=C\C/C=C\C/C=C\C/C=C\CCCCCCCCCCCCC(=O)OC(COCCCCCCCC/C=C\C/C=C\CCCCC)COP(=O)(O)OC1C(O)C(O)C(O)C(O)C1O. The number of carbonyl (C=O) groups is 1. The molecule has 6 unspecified atom stereocenters. The molecule has 0 heterocycles. The molecule has 1 aliphatic rings. The van der Waals surface area contributed by atoms with E-state index < -0.39 is 63.1 Å². The van der Waals surface area contributed by atoms with Crippen molar-refractivity contribution in [2.75, 3.05) is 19.8 Å². The number of aliphatic hydroxyl groups is 5. The van der Waals surface area contributed by atoms with Crippen molar-refractivity contribution in [3.8, 4) is 0 Å². The van der Waals surface area contributed by atoms with Crippen LogP contribution in [0.25, 0.3) is 0 Å². The van der Waals surface area contributed by atoms with Crippen molar-refractivity contribution >= 4 is 13.8 Å². The summed E-state index contributed by atoms with van der Waals surface area (Å²) in [6.07, 6.45) is 43.9. The van der Waals surface area contributed by atoms with Gasteiger partial charge in [-0.05, 0) is 83.5 Å². The van der Waals surface area contributed by atoms with Gasteiger partial charge < -0.3 is 39.9 Å². The zero-order chi connectivity index (χ0) is 48.4. The van der Waals surface area contributed by atoms with Gasteiger partial charge in [0.25, 0.3) is 0 Å². The van der Waals surface area contributed by atoms with Crippen LogP contribution in [0.5, 0.6) is 0 Å². The fraction of sp³-hybridized carbons (Fsp3) is 0.755. The monoisotopic (exact) mass is 953 g/mol. The van der Waals surface area contributed by atoms with Crippen molar-refractivity contribution in [2.45, 2.75) is 236 Å². The molecular formula is C53H93O12P. The molecule has 1 rings (SSSR count). The zero-order valence-electron chi connectivity index (χ0n) is 41.0. The Morgan fingerprint density at radius 2 is 0.894 bits per heavy atom. The third-order valence-corrected chi connectivity index (χ3v) is 12.5. The number of aliphatic hydroxyl groups excluding tert-OH is 5. The molecule has 0 radical (unpaired) electrons. The van der Waals surface area contributed by atoms with Gasteiger partial charge in [0.2, 0.25) is 0 Å². The lowest BCUT2D eigenvalue weighted by molar-refractivity contribution is -0.220. The molecule has 0 bridgehead atoms. The Balaban J connectivity index is 2.34. The van der Waals surface area contributed by atoms with Crippen molar-refractivity contribution in [1.82, 2.24) is 0 Å². The van der Waals surface area contributed by atoms with Crippen LogP contribution in [0.15, 0.2) is 72.9 Å². The minimum absolute atomic E-state index is 0.0886. The Morgan fingerprint density at radius 3 is 1.36 bits per heavy atom. The number of allylic oxidation sites excluding steroid dienone is 12. The second-order valence-electron chi connectivity index (χ2n) is 17.6. The maximum Gasteiger partial charge on any atom is 0.472 e. The summed E-state index contributed by atoms with van der Waals surface area (Å²) >= 11 is 0. The van der Waals surface area contributed by atoms with Crippen LogP contribution < -0.4 is 0 Å². The normalized spacial score (nSPS) is 22.0. The van der Waals surface area contributed by atoms with Gasteiger partial charge in [0.15, 0.2) is 0 Å². The minimum atomic E-state index is -5.03. The quantitative estimate of drug-likeness (QED) is 0.0147. The lowest BCUT2D eigenvalue weighted by Gasteiger charge is -2.41. The van der Waals surface area contributed by atoms with Crippen LogP contribution in [0.2, 0.25) is 0 Å². The van der Waals surface area contributed by atoms with Crippen LogP contribution in [0.1, 0.15) is 194 Å². The van der Waals surface area contributed by atoms with E-state index in [1.807, 2.05) is 0 Å². The number of unbranched alkanes of at least 4 members (excludes halogenated alkanes) is 19. The standard InChI is InChI=1S/C53H93O12P/c1-3-5-7-9-11-13-15-17-19-21-22-23-24-25-26-27-28-30-32-34-36-38-40-42-47(54)64-46(45-63-66(60,61)65-53-51(58)49(56)48(55)50(57)52(53)59)44-62-43-41-39-37-35-33-31-29-20-18-16-14-12-10-8-6-4-2/h5,7,11-14,17-20,22-23,46,48-53,55-59H,3-4,6,8-10,15-16,21,24-45H2,1-2H3,(H,60,61)/b7-5-,13-11-,14-12-,19-17-,20-18-,23-22-. The molecule has 6 N–H and O–H groups in total. The molecule has 6 atom stereocenters. The number of phosphoric ester groups is 1. The number of rotatable bonds is 43. The largest absolute Gasteiger partial charge is 0.472 e. The van der Waals surface area contributed by atoms with Gasteiger partial charge >= 0.3 is 13.8 Å². The molecule has 66 heavy (non-hydrogen) atoms. The van der Waals surface area contributed by atoms with Crippen LogP contribution in [0.4, 0.5) is 0 Å². The molecule has 0 aromatic carbocycles. The van der Waals surface area contributed by atoms with Crippen LogP contribution >= 0.6 is 7.82 Å². The molecular weight excluding hydrogens is 860 g/mol. The summed E-state index contributed by atoms with van der Waals surface area (Å²) in [5.74, 6) is -0.488. The third kappa shape index (κ3) is 34.1. The van der Waals surface area contributed by atoms with Gasteiger partial charge in [-0.15, -0.1) is 0 Å². The van der Waals surface area contributed by atoms with Crippen molar-refractivity contribution in [3.05, 3.63) is 72.9 Å².